The number of hydrogen-bond acceptors (Lipinski definition) is 5. The van der Waals surface area contributed by atoms with Crippen molar-refractivity contribution in [1.82, 2.24) is 10.3 Å². The molecular formula is C13H14N2O4S. The molecule has 0 radical (unpaired) electrons. The molecule has 106 valence electrons. The number of aryl methyl sites for hydroxylation is 1. The van der Waals surface area contributed by atoms with Crippen molar-refractivity contribution in [2.24, 2.45) is 0 Å². The number of thiazole rings is 1. The zero-order chi connectivity index (χ0) is 14.9. The van der Waals surface area contributed by atoms with E-state index in [9.17, 15) is 9.59 Å². The summed E-state index contributed by atoms with van der Waals surface area (Å²) >= 11 is 1.49. The fraction of sp³-hybridized carbons (Fsp3) is 0.308. The van der Waals surface area contributed by atoms with Gasteiger partial charge >= 0.3 is 5.97 Å². The Bertz CT molecular complexity index is 657. The Balaban J connectivity index is 2.15. The third-order valence-corrected chi connectivity index (χ3v) is 3.89. The van der Waals surface area contributed by atoms with Gasteiger partial charge in [0.2, 0.25) is 0 Å². The molecule has 0 atom stereocenters. The zero-order valence-corrected chi connectivity index (χ0v) is 12.1. The number of furan rings is 1. The first-order chi connectivity index (χ1) is 9.29. The summed E-state index contributed by atoms with van der Waals surface area (Å²) in [5.41, 5.74) is -0.718. The summed E-state index contributed by atoms with van der Waals surface area (Å²) in [7, 11) is 0. The smallest absolute Gasteiger partial charge is 0.338 e. The molecule has 1 amide bonds. The van der Waals surface area contributed by atoms with Gasteiger partial charge in [0.15, 0.2) is 5.76 Å². The van der Waals surface area contributed by atoms with Crippen LogP contribution in [0.25, 0.3) is 0 Å². The summed E-state index contributed by atoms with van der Waals surface area (Å²) < 4.78 is 4.96. The topological polar surface area (TPSA) is 92.4 Å². The van der Waals surface area contributed by atoms with E-state index in [1.54, 1.807) is 6.20 Å². The summed E-state index contributed by atoms with van der Waals surface area (Å²) in [5.74, 6) is -1.65. The lowest BCUT2D eigenvalue weighted by Crippen LogP contribution is -2.40. The van der Waals surface area contributed by atoms with Crippen molar-refractivity contribution in [3.05, 3.63) is 39.7 Å². The monoisotopic (exact) mass is 294 g/mol. The van der Waals surface area contributed by atoms with Crippen LogP contribution in [-0.4, -0.2) is 22.0 Å². The molecule has 7 heteroatoms. The first-order valence-electron chi connectivity index (χ1n) is 5.87. The number of aromatic nitrogens is 1. The predicted octanol–water partition coefficient (Wildman–Crippen LogP) is 2.41. The molecule has 0 aromatic carbocycles. The summed E-state index contributed by atoms with van der Waals surface area (Å²) in [6.07, 6.45) is 2.78. The van der Waals surface area contributed by atoms with Crippen LogP contribution in [0.4, 0.5) is 0 Å². The number of carboxylic acids is 1. The molecule has 0 saturated carbocycles. The quantitative estimate of drug-likeness (QED) is 0.903. The van der Waals surface area contributed by atoms with Crippen LogP contribution >= 0.6 is 11.3 Å². The van der Waals surface area contributed by atoms with Gasteiger partial charge in [-0.25, -0.2) is 9.78 Å². The van der Waals surface area contributed by atoms with Crippen LogP contribution in [0, 0.1) is 6.92 Å². The van der Waals surface area contributed by atoms with Crippen molar-refractivity contribution in [3.63, 3.8) is 0 Å². The molecule has 6 nitrogen and oxygen atoms in total. The van der Waals surface area contributed by atoms with Crippen LogP contribution < -0.4 is 5.32 Å². The molecular weight excluding hydrogens is 280 g/mol. The zero-order valence-electron chi connectivity index (χ0n) is 11.3. The molecule has 0 saturated heterocycles. The lowest BCUT2D eigenvalue weighted by Gasteiger charge is -2.23. The number of hydrogen-bond donors (Lipinski definition) is 2. The first kappa shape index (κ1) is 14.3. The van der Waals surface area contributed by atoms with E-state index >= 15 is 0 Å². The number of amides is 1. The van der Waals surface area contributed by atoms with Crippen LogP contribution in [0.5, 0.6) is 0 Å². The number of carbonyl (C=O) groups excluding carboxylic acids is 1. The molecule has 2 heterocycles. The largest absolute Gasteiger partial charge is 0.478 e. The first-order valence-corrected chi connectivity index (χ1v) is 6.68. The predicted molar refractivity (Wildman–Crippen MR) is 73.0 cm³/mol. The maximum atomic E-state index is 12.1. The maximum Gasteiger partial charge on any atom is 0.338 e. The number of aromatic carboxylic acids is 1. The summed E-state index contributed by atoms with van der Waals surface area (Å²) in [6.45, 7) is 5.58. The van der Waals surface area contributed by atoms with E-state index in [4.69, 9.17) is 9.52 Å². The van der Waals surface area contributed by atoms with E-state index < -0.39 is 17.4 Å². The molecule has 2 rings (SSSR count). The van der Waals surface area contributed by atoms with Gasteiger partial charge in [0.1, 0.15) is 11.3 Å². The number of nitrogens with zero attached hydrogens (tertiary/aromatic N) is 1. The van der Waals surface area contributed by atoms with Crippen LogP contribution in [0.2, 0.25) is 0 Å². The van der Waals surface area contributed by atoms with Gasteiger partial charge < -0.3 is 14.8 Å². The number of carbonyl (C=O) groups is 2. The van der Waals surface area contributed by atoms with Gasteiger partial charge in [-0.1, -0.05) is 0 Å². The average Bonchev–Trinajstić information content (AvgIpc) is 2.96. The summed E-state index contributed by atoms with van der Waals surface area (Å²) in [5, 5.41) is 12.3. The minimum Gasteiger partial charge on any atom is -0.478 e. The van der Waals surface area contributed by atoms with Gasteiger partial charge in [-0.2, -0.15) is 0 Å². The molecule has 2 aromatic rings. The number of nitrogens with one attached hydrogen (secondary N) is 1. The maximum absolute atomic E-state index is 12.1. The van der Waals surface area contributed by atoms with Crippen LogP contribution in [0.3, 0.4) is 0 Å². The molecule has 0 aliphatic rings. The van der Waals surface area contributed by atoms with Crippen LogP contribution in [-0.2, 0) is 5.54 Å². The van der Waals surface area contributed by atoms with E-state index in [-0.39, 0.29) is 11.3 Å². The molecule has 0 spiro atoms. The van der Waals surface area contributed by atoms with E-state index in [2.05, 4.69) is 10.3 Å². The normalized spacial score (nSPS) is 11.3. The van der Waals surface area contributed by atoms with Crippen molar-refractivity contribution < 1.29 is 19.1 Å². The molecule has 0 aliphatic carbocycles. The van der Waals surface area contributed by atoms with Crippen LogP contribution in [0.1, 0.15) is 44.6 Å². The summed E-state index contributed by atoms with van der Waals surface area (Å²) in [6, 6.07) is 1.20. The van der Waals surface area contributed by atoms with Gasteiger partial charge in [0.05, 0.1) is 11.1 Å². The van der Waals surface area contributed by atoms with Crippen LogP contribution in [0.15, 0.2) is 22.9 Å². The minimum absolute atomic E-state index is 0.0382. The molecule has 2 N–H and O–H groups in total. The lowest BCUT2D eigenvalue weighted by atomic mass is 10.1. The fourth-order valence-electron chi connectivity index (χ4n) is 1.61. The average molecular weight is 294 g/mol. The van der Waals surface area contributed by atoms with Gasteiger partial charge in [0, 0.05) is 17.1 Å². The summed E-state index contributed by atoms with van der Waals surface area (Å²) in [4.78, 5) is 28.1. The third kappa shape index (κ3) is 2.88. The highest BCUT2D eigenvalue weighted by atomic mass is 32.1. The Morgan fingerprint density at radius 3 is 2.65 bits per heavy atom. The van der Waals surface area contributed by atoms with Gasteiger partial charge in [-0.15, -0.1) is 11.3 Å². The second kappa shape index (κ2) is 5.09. The van der Waals surface area contributed by atoms with Crippen molar-refractivity contribution in [2.75, 3.05) is 0 Å². The van der Waals surface area contributed by atoms with Gasteiger partial charge in [-0.3, -0.25) is 4.79 Å². The van der Waals surface area contributed by atoms with E-state index in [0.717, 1.165) is 16.1 Å². The van der Waals surface area contributed by atoms with Gasteiger partial charge in [0.25, 0.3) is 5.91 Å². The van der Waals surface area contributed by atoms with Crippen molar-refractivity contribution in [2.45, 2.75) is 26.3 Å². The lowest BCUT2D eigenvalue weighted by molar-refractivity contribution is 0.0695. The second-order valence-corrected chi connectivity index (χ2v) is 6.09. The van der Waals surface area contributed by atoms with Crippen molar-refractivity contribution in [3.8, 4) is 0 Å². The Hall–Kier alpha value is -2.15. The SMILES string of the molecule is Cc1cnc(C(C)(C)NC(=O)c2cc(C(=O)O)co2)s1. The van der Waals surface area contributed by atoms with Crippen molar-refractivity contribution >= 4 is 23.2 Å². The molecule has 0 aliphatic heterocycles. The number of rotatable bonds is 4. The Kier molecular flexibility index (Phi) is 3.63. The highest BCUT2D eigenvalue weighted by Crippen LogP contribution is 2.25. The van der Waals surface area contributed by atoms with E-state index in [1.807, 2.05) is 20.8 Å². The number of carboxylic acid groups (broad SMARTS) is 1. The Morgan fingerprint density at radius 2 is 2.15 bits per heavy atom. The van der Waals surface area contributed by atoms with E-state index in [1.165, 1.54) is 17.4 Å². The molecule has 0 fully saturated rings. The fourth-order valence-corrected chi connectivity index (χ4v) is 2.43. The third-order valence-electron chi connectivity index (χ3n) is 2.65. The Morgan fingerprint density at radius 1 is 1.45 bits per heavy atom. The highest BCUT2D eigenvalue weighted by Gasteiger charge is 2.28. The van der Waals surface area contributed by atoms with Gasteiger partial charge in [-0.05, 0) is 20.8 Å². The standard InChI is InChI=1S/C13H14N2O4S/c1-7-5-14-12(20-7)13(2,3)15-10(16)9-4-8(6-19-9)11(17)18/h4-6H,1-3H3,(H,15,16)(H,17,18). The van der Waals surface area contributed by atoms with Crippen molar-refractivity contribution in [1.29, 1.82) is 0 Å². The van der Waals surface area contributed by atoms with E-state index in [0.29, 0.717) is 0 Å². The molecule has 0 unspecified atom stereocenters. The molecule has 20 heavy (non-hydrogen) atoms. The minimum atomic E-state index is -1.14. The Labute approximate surface area is 119 Å². The molecule has 2 aromatic heterocycles. The second-order valence-electron chi connectivity index (χ2n) is 4.86. The molecule has 0 bridgehead atoms. The highest BCUT2D eigenvalue weighted by molar-refractivity contribution is 7.11.